The average Bonchev–Trinajstić information content (AvgIpc) is 2.30. The van der Waals surface area contributed by atoms with E-state index in [1.54, 1.807) is 0 Å². The van der Waals surface area contributed by atoms with E-state index in [0.29, 0.717) is 6.42 Å². The molecule has 17 heavy (non-hydrogen) atoms. The zero-order valence-corrected chi connectivity index (χ0v) is 10.1. The standard InChI is InChI=1S/C15H17NO/c1-3-7-12(4-2)16-15(17)14-10-11-8-5-6-9-13(11)14/h1,5-6,8-9,12,14H,4,7,10H2,2H3,(H,16,17). The molecule has 2 rings (SSSR count). The minimum Gasteiger partial charge on any atom is -0.352 e. The molecule has 1 N–H and O–H groups in total. The summed E-state index contributed by atoms with van der Waals surface area (Å²) >= 11 is 0. The number of carbonyl (C=O) groups excluding carboxylic acids is 1. The number of nitrogens with one attached hydrogen (secondary N) is 1. The third kappa shape index (κ3) is 2.34. The predicted octanol–water partition coefficient (Wildman–Crippen LogP) is 2.24. The molecule has 1 amide bonds. The Labute approximate surface area is 102 Å². The van der Waals surface area contributed by atoms with Crippen LogP contribution in [0.4, 0.5) is 0 Å². The molecule has 0 saturated carbocycles. The minimum absolute atomic E-state index is 0.0259. The molecule has 0 radical (unpaired) electrons. The maximum absolute atomic E-state index is 12.1. The average molecular weight is 227 g/mol. The molecule has 1 aromatic rings. The van der Waals surface area contributed by atoms with E-state index in [-0.39, 0.29) is 17.9 Å². The minimum atomic E-state index is 0.0259. The first-order valence-corrected chi connectivity index (χ1v) is 6.08. The van der Waals surface area contributed by atoms with Gasteiger partial charge >= 0.3 is 0 Å². The number of amides is 1. The highest BCUT2D eigenvalue weighted by Crippen LogP contribution is 2.34. The molecule has 0 spiro atoms. The van der Waals surface area contributed by atoms with E-state index in [1.165, 1.54) is 11.1 Å². The van der Waals surface area contributed by atoms with Crippen LogP contribution in [0.2, 0.25) is 0 Å². The molecule has 1 aliphatic carbocycles. The first kappa shape index (κ1) is 11.7. The van der Waals surface area contributed by atoms with Crippen LogP contribution in [0.3, 0.4) is 0 Å². The summed E-state index contributed by atoms with van der Waals surface area (Å²) < 4.78 is 0. The number of rotatable bonds is 4. The van der Waals surface area contributed by atoms with Crippen LogP contribution in [0.25, 0.3) is 0 Å². The van der Waals surface area contributed by atoms with Gasteiger partial charge in [0.25, 0.3) is 0 Å². The van der Waals surface area contributed by atoms with Crippen molar-refractivity contribution in [3.63, 3.8) is 0 Å². The molecule has 0 aliphatic heterocycles. The van der Waals surface area contributed by atoms with Gasteiger partial charge < -0.3 is 5.32 Å². The fraction of sp³-hybridized carbons (Fsp3) is 0.400. The van der Waals surface area contributed by atoms with Crippen LogP contribution in [-0.4, -0.2) is 11.9 Å². The Morgan fingerprint density at radius 2 is 2.35 bits per heavy atom. The van der Waals surface area contributed by atoms with Crippen molar-refractivity contribution >= 4 is 5.91 Å². The third-order valence-electron chi connectivity index (χ3n) is 3.37. The zero-order valence-electron chi connectivity index (χ0n) is 10.1. The van der Waals surface area contributed by atoms with Crippen molar-refractivity contribution < 1.29 is 4.79 Å². The normalized spacial score (nSPS) is 18.5. The highest BCUT2D eigenvalue weighted by molar-refractivity contribution is 5.87. The molecular weight excluding hydrogens is 210 g/mol. The fourth-order valence-electron chi connectivity index (χ4n) is 2.23. The lowest BCUT2D eigenvalue weighted by atomic mass is 9.77. The first-order valence-electron chi connectivity index (χ1n) is 6.08. The van der Waals surface area contributed by atoms with E-state index >= 15 is 0 Å². The van der Waals surface area contributed by atoms with Crippen molar-refractivity contribution in [2.75, 3.05) is 0 Å². The highest BCUT2D eigenvalue weighted by atomic mass is 16.2. The van der Waals surface area contributed by atoms with Crippen LogP contribution in [0.1, 0.15) is 36.8 Å². The van der Waals surface area contributed by atoms with Crippen LogP contribution in [-0.2, 0) is 11.2 Å². The summed E-state index contributed by atoms with van der Waals surface area (Å²) in [5.41, 5.74) is 2.46. The van der Waals surface area contributed by atoms with Crippen LogP contribution < -0.4 is 5.32 Å². The van der Waals surface area contributed by atoms with Gasteiger partial charge in [-0.15, -0.1) is 12.3 Å². The molecule has 0 saturated heterocycles. The third-order valence-corrected chi connectivity index (χ3v) is 3.37. The summed E-state index contributed by atoms with van der Waals surface area (Å²) in [6.45, 7) is 2.04. The lowest BCUT2D eigenvalue weighted by Crippen LogP contribution is -2.41. The molecule has 0 heterocycles. The number of hydrogen-bond acceptors (Lipinski definition) is 1. The number of benzene rings is 1. The summed E-state index contributed by atoms with van der Waals surface area (Å²) in [6.07, 6.45) is 7.62. The second-order valence-corrected chi connectivity index (χ2v) is 4.48. The van der Waals surface area contributed by atoms with Crippen LogP contribution >= 0.6 is 0 Å². The Hall–Kier alpha value is -1.75. The second kappa shape index (κ2) is 5.05. The van der Waals surface area contributed by atoms with Gasteiger partial charge in [0.05, 0.1) is 5.92 Å². The Bertz CT molecular complexity index is 458. The number of terminal acetylenes is 1. The smallest absolute Gasteiger partial charge is 0.228 e. The lowest BCUT2D eigenvalue weighted by molar-refractivity contribution is -0.123. The highest BCUT2D eigenvalue weighted by Gasteiger charge is 2.32. The molecule has 2 atom stereocenters. The van der Waals surface area contributed by atoms with Gasteiger partial charge in [0, 0.05) is 12.5 Å². The van der Waals surface area contributed by atoms with Gasteiger partial charge in [-0.25, -0.2) is 0 Å². The van der Waals surface area contributed by atoms with Gasteiger partial charge in [0.15, 0.2) is 0 Å². The Morgan fingerprint density at radius 3 is 3.00 bits per heavy atom. The Balaban J connectivity index is 1.98. The van der Waals surface area contributed by atoms with E-state index in [0.717, 1.165) is 12.8 Å². The molecule has 2 nitrogen and oxygen atoms in total. The lowest BCUT2D eigenvalue weighted by Gasteiger charge is -2.30. The van der Waals surface area contributed by atoms with Crippen molar-refractivity contribution in [2.24, 2.45) is 0 Å². The van der Waals surface area contributed by atoms with E-state index in [1.807, 2.05) is 25.1 Å². The van der Waals surface area contributed by atoms with Gasteiger partial charge in [-0.3, -0.25) is 4.79 Å². The molecule has 2 heteroatoms. The molecule has 0 fully saturated rings. The van der Waals surface area contributed by atoms with Crippen LogP contribution in [0.15, 0.2) is 24.3 Å². The number of hydrogen-bond donors (Lipinski definition) is 1. The molecule has 88 valence electrons. The van der Waals surface area contributed by atoms with Gasteiger partial charge in [-0.2, -0.15) is 0 Å². The zero-order chi connectivity index (χ0) is 12.3. The molecule has 1 aliphatic rings. The van der Waals surface area contributed by atoms with E-state index < -0.39 is 0 Å². The predicted molar refractivity (Wildman–Crippen MR) is 68.6 cm³/mol. The molecular formula is C15H17NO. The SMILES string of the molecule is C#CCC(CC)NC(=O)C1Cc2ccccc21. The first-order chi connectivity index (χ1) is 8.26. The Kier molecular flexibility index (Phi) is 3.49. The van der Waals surface area contributed by atoms with Crippen molar-refractivity contribution in [3.8, 4) is 12.3 Å². The molecule has 2 unspecified atom stereocenters. The number of carbonyl (C=O) groups is 1. The fourth-order valence-corrected chi connectivity index (χ4v) is 2.23. The van der Waals surface area contributed by atoms with E-state index in [4.69, 9.17) is 6.42 Å². The second-order valence-electron chi connectivity index (χ2n) is 4.48. The summed E-state index contributed by atoms with van der Waals surface area (Å²) in [4.78, 5) is 12.1. The quantitative estimate of drug-likeness (QED) is 0.785. The maximum atomic E-state index is 12.1. The van der Waals surface area contributed by atoms with E-state index in [9.17, 15) is 4.79 Å². The van der Waals surface area contributed by atoms with E-state index in [2.05, 4.69) is 17.3 Å². The summed E-state index contributed by atoms with van der Waals surface area (Å²) in [5.74, 6) is 2.75. The van der Waals surface area contributed by atoms with Gasteiger partial charge in [-0.1, -0.05) is 31.2 Å². The van der Waals surface area contributed by atoms with Crippen LogP contribution in [0.5, 0.6) is 0 Å². The van der Waals surface area contributed by atoms with Crippen molar-refractivity contribution in [1.82, 2.24) is 5.32 Å². The van der Waals surface area contributed by atoms with Gasteiger partial charge in [-0.05, 0) is 24.0 Å². The van der Waals surface area contributed by atoms with Gasteiger partial charge in [0.2, 0.25) is 5.91 Å². The molecule has 0 bridgehead atoms. The monoisotopic (exact) mass is 227 g/mol. The summed E-state index contributed by atoms with van der Waals surface area (Å²) in [6, 6.07) is 8.22. The summed E-state index contributed by atoms with van der Waals surface area (Å²) in [5, 5.41) is 3.03. The van der Waals surface area contributed by atoms with Crippen molar-refractivity contribution in [1.29, 1.82) is 0 Å². The van der Waals surface area contributed by atoms with Gasteiger partial charge in [0.1, 0.15) is 0 Å². The van der Waals surface area contributed by atoms with Crippen molar-refractivity contribution in [3.05, 3.63) is 35.4 Å². The van der Waals surface area contributed by atoms with Crippen LogP contribution in [0, 0.1) is 12.3 Å². The summed E-state index contributed by atoms with van der Waals surface area (Å²) in [7, 11) is 0. The number of fused-ring (bicyclic) bond motifs is 1. The molecule has 0 aromatic heterocycles. The maximum Gasteiger partial charge on any atom is 0.228 e. The Morgan fingerprint density at radius 1 is 1.59 bits per heavy atom. The van der Waals surface area contributed by atoms with Crippen molar-refractivity contribution in [2.45, 2.75) is 38.1 Å². The topological polar surface area (TPSA) is 29.1 Å². The molecule has 1 aromatic carbocycles. The largest absolute Gasteiger partial charge is 0.352 e.